The molecule has 0 bridgehead atoms. The maximum atomic E-state index is 12.4. The fraction of sp³-hybridized carbons (Fsp3) is 0.444. The maximum Gasteiger partial charge on any atom is 0.431 e. The van der Waals surface area contributed by atoms with Gasteiger partial charge in [-0.1, -0.05) is 6.07 Å². The Hall–Kier alpha value is -1.30. The van der Waals surface area contributed by atoms with Crippen LogP contribution in [0.5, 0.6) is 0 Å². The average Bonchev–Trinajstić information content (AvgIpc) is 2.05. The highest BCUT2D eigenvalue weighted by atomic mass is 19.4. The van der Waals surface area contributed by atoms with Gasteiger partial charge in [0.2, 0.25) is 0 Å². The largest absolute Gasteiger partial charge is 0.431 e. The first-order valence-corrected chi connectivity index (χ1v) is 4.27. The van der Waals surface area contributed by atoms with Crippen molar-refractivity contribution in [1.29, 1.82) is 0 Å². The predicted octanol–water partition coefficient (Wildman–Crippen LogP) is 1.25. The Balaban J connectivity index is 3.27. The van der Waals surface area contributed by atoms with E-state index < -0.39 is 23.5 Å². The summed E-state index contributed by atoms with van der Waals surface area (Å²) in [7, 11) is 0. The highest BCUT2D eigenvalue weighted by Gasteiger charge is 2.34. The zero-order valence-electron chi connectivity index (χ0n) is 7.95. The fourth-order valence-corrected chi connectivity index (χ4v) is 1.22. The van der Waals surface area contributed by atoms with E-state index in [1.165, 1.54) is 6.92 Å². The lowest BCUT2D eigenvalue weighted by Crippen LogP contribution is -2.30. The van der Waals surface area contributed by atoms with Gasteiger partial charge in [0.15, 0.2) is 0 Å². The summed E-state index contributed by atoms with van der Waals surface area (Å²) in [6.45, 7) is 0.952. The first kappa shape index (κ1) is 11.8. The molecule has 84 valence electrons. The molecule has 0 amide bonds. The molecule has 1 unspecified atom stereocenters. The lowest BCUT2D eigenvalue weighted by atomic mass is 10.3. The Labute approximate surface area is 83.8 Å². The number of pyridine rings is 1. The molecule has 0 saturated heterocycles. The second kappa shape index (κ2) is 4.06. The number of halogens is 3. The molecule has 0 aliphatic heterocycles. The van der Waals surface area contributed by atoms with E-state index in [9.17, 15) is 18.0 Å². The van der Waals surface area contributed by atoms with Gasteiger partial charge in [0, 0.05) is 6.07 Å². The molecular weight excluding hydrogens is 211 g/mol. The molecule has 0 aromatic carbocycles. The summed E-state index contributed by atoms with van der Waals surface area (Å²) in [5, 5.41) is 8.99. The molecule has 1 rings (SSSR count). The minimum Gasteiger partial charge on any atom is -0.392 e. The van der Waals surface area contributed by atoms with Crippen molar-refractivity contribution in [2.75, 3.05) is 0 Å². The molecule has 6 heteroatoms. The van der Waals surface area contributed by atoms with Crippen LogP contribution in [0.25, 0.3) is 0 Å². The van der Waals surface area contributed by atoms with E-state index in [4.69, 9.17) is 5.11 Å². The van der Waals surface area contributed by atoms with E-state index >= 15 is 0 Å². The van der Waals surface area contributed by atoms with Gasteiger partial charge in [-0.25, -0.2) is 0 Å². The SMILES string of the molecule is CC(O)Cn1c(C(F)(F)F)cccc1=O. The van der Waals surface area contributed by atoms with Gasteiger partial charge >= 0.3 is 6.18 Å². The molecule has 0 spiro atoms. The predicted molar refractivity (Wildman–Crippen MR) is 47.4 cm³/mol. The topological polar surface area (TPSA) is 42.2 Å². The minimum absolute atomic E-state index is 0.367. The quantitative estimate of drug-likeness (QED) is 0.816. The summed E-state index contributed by atoms with van der Waals surface area (Å²) < 4.78 is 37.8. The van der Waals surface area contributed by atoms with Crippen LogP contribution >= 0.6 is 0 Å². The van der Waals surface area contributed by atoms with Gasteiger partial charge in [0.25, 0.3) is 5.56 Å². The number of rotatable bonds is 2. The van der Waals surface area contributed by atoms with Gasteiger partial charge in [-0.3, -0.25) is 4.79 Å². The van der Waals surface area contributed by atoms with Crippen LogP contribution < -0.4 is 5.56 Å². The average molecular weight is 221 g/mol. The van der Waals surface area contributed by atoms with Crippen LogP contribution in [0.2, 0.25) is 0 Å². The standard InChI is InChI=1S/C9H10F3NO2/c1-6(14)5-13-7(9(10,11)12)3-2-4-8(13)15/h2-4,6,14H,5H2,1H3. The van der Waals surface area contributed by atoms with Gasteiger partial charge in [-0.15, -0.1) is 0 Å². The van der Waals surface area contributed by atoms with Crippen LogP contribution in [0, 0.1) is 0 Å². The normalized spacial score (nSPS) is 13.9. The van der Waals surface area contributed by atoms with Crippen molar-refractivity contribution in [3.63, 3.8) is 0 Å². The summed E-state index contributed by atoms with van der Waals surface area (Å²) in [5.74, 6) is 0. The zero-order valence-corrected chi connectivity index (χ0v) is 7.95. The Morgan fingerprint density at radius 2 is 2.07 bits per heavy atom. The minimum atomic E-state index is -4.59. The second-order valence-corrected chi connectivity index (χ2v) is 3.21. The molecule has 0 radical (unpaired) electrons. The van der Waals surface area contributed by atoms with Gasteiger partial charge in [0.1, 0.15) is 5.69 Å². The molecule has 1 N–H and O–H groups in total. The number of nitrogens with zero attached hydrogens (tertiary/aromatic N) is 1. The summed E-state index contributed by atoms with van der Waals surface area (Å²) in [6, 6.07) is 2.88. The van der Waals surface area contributed by atoms with Crippen molar-refractivity contribution >= 4 is 0 Å². The molecule has 0 aliphatic rings. The molecule has 0 aliphatic carbocycles. The van der Waals surface area contributed by atoms with Crippen LogP contribution in [0.4, 0.5) is 13.2 Å². The number of hydrogen-bond donors (Lipinski definition) is 1. The van der Waals surface area contributed by atoms with Crippen LogP contribution in [0.1, 0.15) is 12.6 Å². The lowest BCUT2D eigenvalue weighted by molar-refractivity contribution is -0.144. The van der Waals surface area contributed by atoms with E-state index in [0.29, 0.717) is 4.57 Å². The van der Waals surface area contributed by atoms with Gasteiger partial charge in [0.05, 0.1) is 12.6 Å². The van der Waals surface area contributed by atoms with E-state index in [0.717, 1.165) is 18.2 Å². The van der Waals surface area contributed by atoms with Gasteiger partial charge in [-0.2, -0.15) is 13.2 Å². The molecule has 0 saturated carbocycles. The van der Waals surface area contributed by atoms with Gasteiger partial charge in [-0.05, 0) is 13.0 Å². The van der Waals surface area contributed by atoms with Crippen LogP contribution in [-0.2, 0) is 12.7 Å². The van der Waals surface area contributed by atoms with Crippen molar-refractivity contribution < 1.29 is 18.3 Å². The highest BCUT2D eigenvalue weighted by molar-refractivity contribution is 5.10. The van der Waals surface area contributed by atoms with E-state index in [2.05, 4.69) is 0 Å². The number of alkyl halides is 3. The summed E-state index contributed by atoms with van der Waals surface area (Å²) in [6.07, 6.45) is -5.60. The first-order valence-electron chi connectivity index (χ1n) is 4.27. The maximum absolute atomic E-state index is 12.4. The Morgan fingerprint density at radius 1 is 1.47 bits per heavy atom. The third kappa shape index (κ3) is 2.82. The van der Waals surface area contributed by atoms with Crippen LogP contribution in [-0.4, -0.2) is 15.8 Å². The van der Waals surface area contributed by atoms with E-state index in [1.807, 2.05) is 0 Å². The van der Waals surface area contributed by atoms with Crippen molar-refractivity contribution in [3.05, 3.63) is 34.2 Å². The number of aromatic nitrogens is 1. The summed E-state index contributed by atoms with van der Waals surface area (Å²) in [4.78, 5) is 11.2. The van der Waals surface area contributed by atoms with E-state index in [-0.39, 0.29) is 6.54 Å². The third-order valence-corrected chi connectivity index (χ3v) is 1.79. The van der Waals surface area contributed by atoms with Crippen molar-refractivity contribution in [1.82, 2.24) is 4.57 Å². The molecule has 1 aromatic heterocycles. The molecule has 15 heavy (non-hydrogen) atoms. The molecule has 3 nitrogen and oxygen atoms in total. The van der Waals surface area contributed by atoms with Crippen LogP contribution in [0.3, 0.4) is 0 Å². The molecule has 1 heterocycles. The van der Waals surface area contributed by atoms with Crippen molar-refractivity contribution in [3.8, 4) is 0 Å². The van der Waals surface area contributed by atoms with E-state index in [1.54, 1.807) is 0 Å². The fourth-order valence-electron chi connectivity index (χ4n) is 1.22. The Kier molecular flexibility index (Phi) is 3.18. The molecule has 1 atom stereocenters. The monoisotopic (exact) mass is 221 g/mol. The Bertz CT molecular complexity index is 395. The summed E-state index contributed by atoms with van der Waals surface area (Å²) in [5.41, 5.74) is -1.82. The second-order valence-electron chi connectivity index (χ2n) is 3.21. The number of aliphatic hydroxyl groups excluding tert-OH is 1. The zero-order chi connectivity index (χ0) is 11.6. The highest BCUT2D eigenvalue weighted by Crippen LogP contribution is 2.28. The van der Waals surface area contributed by atoms with Crippen molar-refractivity contribution in [2.24, 2.45) is 0 Å². The lowest BCUT2D eigenvalue weighted by Gasteiger charge is -2.15. The smallest absolute Gasteiger partial charge is 0.392 e. The van der Waals surface area contributed by atoms with Gasteiger partial charge < -0.3 is 9.67 Å². The third-order valence-electron chi connectivity index (χ3n) is 1.79. The van der Waals surface area contributed by atoms with Crippen molar-refractivity contribution in [2.45, 2.75) is 25.7 Å². The summed E-state index contributed by atoms with van der Waals surface area (Å²) >= 11 is 0. The number of aliphatic hydroxyl groups is 1. The molecule has 0 fully saturated rings. The number of hydrogen-bond acceptors (Lipinski definition) is 2. The first-order chi connectivity index (χ1) is 6.82. The Morgan fingerprint density at radius 3 is 2.53 bits per heavy atom. The molecular formula is C9H10F3NO2. The van der Waals surface area contributed by atoms with Crippen LogP contribution in [0.15, 0.2) is 23.0 Å². The molecule has 1 aromatic rings.